The number of aromatic nitrogens is 1. The van der Waals surface area contributed by atoms with Crippen molar-refractivity contribution in [2.24, 2.45) is 5.92 Å². The Kier molecular flexibility index (Phi) is 4.66. The summed E-state index contributed by atoms with van der Waals surface area (Å²) in [4.78, 5) is 30.4. The van der Waals surface area contributed by atoms with Gasteiger partial charge >= 0.3 is 0 Å². The van der Waals surface area contributed by atoms with Crippen LogP contribution in [0, 0.1) is 5.92 Å². The molecule has 0 unspecified atom stereocenters. The zero-order valence-electron chi connectivity index (χ0n) is 12.8. The maximum atomic E-state index is 12.4. The molecule has 0 spiro atoms. The number of nitrogens with one attached hydrogen (secondary N) is 1. The van der Waals surface area contributed by atoms with Gasteiger partial charge in [-0.25, -0.2) is 0 Å². The van der Waals surface area contributed by atoms with Gasteiger partial charge in [-0.15, -0.1) is 0 Å². The van der Waals surface area contributed by atoms with E-state index in [1.54, 1.807) is 24.5 Å². The normalized spacial score (nSPS) is 15.2. The van der Waals surface area contributed by atoms with Crippen molar-refractivity contribution >= 4 is 17.5 Å². The van der Waals surface area contributed by atoms with E-state index in [1.807, 2.05) is 35.2 Å². The average molecular weight is 309 g/mol. The third-order valence-corrected chi connectivity index (χ3v) is 4.12. The van der Waals surface area contributed by atoms with Gasteiger partial charge in [0, 0.05) is 42.7 Å². The molecule has 3 rings (SSSR count). The number of piperidine rings is 1. The highest BCUT2D eigenvalue weighted by atomic mass is 16.2. The van der Waals surface area contributed by atoms with Crippen LogP contribution in [0.4, 0.5) is 5.69 Å². The molecule has 23 heavy (non-hydrogen) atoms. The van der Waals surface area contributed by atoms with Crippen molar-refractivity contribution < 1.29 is 9.59 Å². The number of benzene rings is 1. The first-order valence-electron chi connectivity index (χ1n) is 7.79. The number of likely N-dealkylation sites (tertiary alicyclic amines) is 1. The first kappa shape index (κ1) is 15.2. The Bertz CT molecular complexity index is 665. The summed E-state index contributed by atoms with van der Waals surface area (Å²) in [5.74, 6) is 0.00425. The summed E-state index contributed by atoms with van der Waals surface area (Å²) >= 11 is 0. The van der Waals surface area contributed by atoms with Crippen molar-refractivity contribution in [2.45, 2.75) is 12.8 Å². The van der Waals surface area contributed by atoms with Crippen LogP contribution < -0.4 is 5.32 Å². The van der Waals surface area contributed by atoms with E-state index in [9.17, 15) is 9.59 Å². The monoisotopic (exact) mass is 309 g/mol. The lowest BCUT2D eigenvalue weighted by molar-refractivity contribution is -0.121. The first-order chi connectivity index (χ1) is 11.2. The van der Waals surface area contributed by atoms with Gasteiger partial charge in [-0.3, -0.25) is 14.6 Å². The summed E-state index contributed by atoms with van der Waals surface area (Å²) in [5.41, 5.74) is 1.46. The van der Waals surface area contributed by atoms with Gasteiger partial charge in [0.25, 0.3) is 5.91 Å². The zero-order chi connectivity index (χ0) is 16.1. The molecule has 1 aliphatic heterocycles. The second-order valence-corrected chi connectivity index (χ2v) is 5.66. The summed E-state index contributed by atoms with van der Waals surface area (Å²) in [6, 6.07) is 12.8. The van der Waals surface area contributed by atoms with Crippen LogP contribution in [0.5, 0.6) is 0 Å². The Labute approximate surface area is 135 Å². The molecule has 0 aliphatic carbocycles. The minimum Gasteiger partial charge on any atom is -0.339 e. The van der Waals surface area contributed by atoms with Gasteiger partial charge in [0.1, 0.15) is 0 Å². The summed E-state index contributed by atoms with van der Waals surface area (Å²) in [6.45, 7) is 1.23. The smallest absolute Gasteiger partial charge is 0.253 e. The van der Waals surface area contributed by atoms with Crippen LogP contribution in [0.1, 0.15) is 23.2 Å². The van der Waals surface area contributed by atoms with Gasteiger partial charge in [-0.2, -0.15) is 0 Å². The highest BCUT2D eigenvalue weighted by Gasteiger charge is 2.27. The number of rotatable bonds is 3. The first-order valence-corrected chi connectivity index (χ1v) is 7.79. The molecule has 1 N–H and O–H groups in total. The highest BCUT2D eigenvalue weighted by molar-refractivity contribution is 5.95. The second-order valence-electron chi connectivity index (χ2n) is 5.66. The van der Waals surface area contributed by atoms with Crippen molar-refractivity contribution in [1.82, 2.24) is 9.88 Å². The van der Waals surface area contributed by atoms with Crippen LogP contribution in [0.2, 0.25) is 0 Å². The molecule has 1 aromatic carbocycles. The summed E-state index contributed by atoms with van der Waals surface area (Å²) in [6.07, 6.45) is 4.68. The van der Waals surface area contributed by atoms with E-state index < -0.39 is 0 Å². The Morgan fingerprint density at radius 2 is 1.65 bits per heavy atom. The molecule has 0 atom stereocenters. The Hall–Kier alpha value is -2.69. The molecule has 0 bridgehead atoms. The van der Waals surface area contributed by atoms with E-state index in [2.05, 4.69) is 10.3 Å². The maximum absolute atomic E-state index is 12.4. The van der Waals surface area contributed by atoms with E-state index in [0.717, 1.165) is 5.69 Å². The molecule has 5 heteroatoms. The van der Waals surface area contributed by atoms with E-state index in [-0.39, 0.29) is 17.7 Å². The molecule has 2 aromatic rings. The van der Waals surface area contributed by atoms with Crippen LogP contribution in [0.3, 0.4) is 0 Å². The Balaban J connectivity index is 1.54. The van der Waals surface area contributed by atoms with E-state index in [4.69, 9.17) is 0 Å². The molecule has 1 aliphatic rings. The molecule has 0 radical (unpaired) electrons. The molecular weight excluding hydrogens is 290 g/mol. The number of pyridine rings is 1. The number of hydrogen-bond acceptors (Lipinski definition) is 3. The lowest BCUT2D eigenvalue weighted by Crippen LogP contribution is -2.41. The number of nitrogens with zero attached hydrogens (tertiary/aromatic N) is 2. The molecular formula is C18H19N3O2. The zero-order valence-corrected chi connectivity index (χ0v) is 12.8. The maximum Gasteiger partial charge on any atom is 0.253 e. The standard InChI is InChI=1S/C18H19N3O2/c22-17(20-16-6-10-19-11-7-16)14-8-12-21(13-9-14)18(23)15-4-2-1-3-5-15/h1-7,10-11,14H,8-9,12-13H2,(H,19,20,22). The number of anilines is 1. The second kappa shape index (κ2) is 7.05. The third-order valence-electron chi connectivity index (χ3n) is 4.12. The molecule has 0 saturated carbocycles. The summed E-state index contributed by atoms with van der Waals surface area (Å²) in [7, 11) is 0. The lowest BCUT2D eigenvalue weighted by Gasteiger charge is -2.31. The minimum absolute atomic E-state index is 0.0167. The predicted octanol–water partition coefficient (Wildman–Crippen LogP) is 2.57. The van der Waals surface area contributed by atoms with Crippen molar-refractivity contribution in [3.8, 4) is 0 Å². The van der Waals surface area contributed by atoms with E-state index >= 15 is 0 Å². The quantitative estimate of drug-likeness (QED) is 0.948. The Morgan fingerprint density at radius 3 is 2.30 bits per heavy atom. The molecule has 5 nitrogen and oxygen atoms in total. The van der Waals surface area contributed by atoms with Gasteiger partial charge in [-0.05, 0) is 37.1 Å². The van der Waals surface area contributed by atoms with Crippen LogP contribution >= 0.6 is 0 Å². The third kappa shape index (κ3) is 3.74. The van der Waals surface area contributed by atoms with Crippen LogP contribution in [0.15, 0.2) is 54.9 Å². The van der Waals surface area contributed by atoms with Gasteiger partial charge in [0.05, 0.1) is 0 Å². The van der Waals surface area contributed by atoms with Crippen molar-refractivity contribution in [2.75, 3.05) is 18.4 Å². The summed E-state index contributed by atoms with van der Waals surface area (Å²) in [5, 5.41) is 2.90. The van der Waals surface area contributed by atoms with Crippen molar-refractivity contribution in [3.05, 3.63) is 60.4 Å². The van der Waals surface area contributed by atoms with Gasteiger partial charge in [0.2, 0.25) is 5.91 Å². The fourth-order valence-electron chi connectivity index (χ4n) is 2.79. The lowest BCUT2D eigenvalue weighted by atomic mass is 9.95. The average Bonchev–Trinajstić information content (AvgIpc) is 2.63. The SMILES string of the molecule is O=C(Nc1ccncc1)C1CCN(C(=O)c2ccccc2)CC1. The molecule has 118 valence electrons. The molecule has 2 amide bonds. The largest absolute Gasteiger partial charge is 0.339 e. The molecule has 2 heterocycles. The van der Waals surface area contributed by atoms with Crippen LogP contribution in [-0.2, 0) is 4.79 Å². The van der Waals surface area contributed by atoms with Crippen LogP contribution in [-0.4, -0.2) is 34.8 Å². The van der Waals surface area contributed by atoms with Gasteiger partial charge in [-0.1, -0.05) is 18.2 Å². The predicted molar refractivity (Wildman–Crippen MR) is 87.9 cm³/mol. The van der Waals surface area contributed by atoms with E-state index in [0.29, 0.717) is 31.5 Å². The van der Waals surface area contributed by atoms with Crippen LogP contribution in [0.25, 0.3) is 0 Å². The number of carbonyl (C=O) groups is 2. The number of amides is 2. The van der Waals surface area contributed by atoms with Gasteiger partial charge in [0.15, 0.2) is 0 Å². The molecule has 1 fully saturated rings. The molecule has 1 aromatic heterocycles. The molecule has 1 saturated heterocycles. The van der Waals surface area contributed by atoms with E-state index in [1.165, 1.54) is 0 Å². The van der Waals surface area contributed by atoms with Crippen molar-refractivity contribution in [1.29, 1.82) is 0 Å². The van der Waals surface area contributed by atoms with Gasteiger partial charge < -0.3 is 10.2 Å². The minimum atomic E-state index is -0.0528. The fourth-order valence-corrected chi connectivity index (χ4v) is 2.79. The number of hydrogen-bond donors (Lipinski definition) is 1. The fraction of sp³-hybridized carbons (Fsp3) is 0.278. The highest BCUT2D eigenvalue weighted by Crippen LogP contribution is 2.20. The number of carbonyl (C=O) groups excluding carboxylic acids is 2. The summed E-state index contributed by atoms with van der Waals surface area (Å²) < 4.78 is 0. The van der Waals surface area contributed by atoms with Crippen molar-refractivity contribution in [3.63, 3.8) is 0 Å². The topological polar surface area (TPSA) is 62.3 Å². The Morgan fingerprint density at radius 1 is 1.00 bits per heavy atom.